The fourth-order valence-corrected chi connectivity index (χ4v) is 2.46. The van der Waals surface area contributed by atoms with Crippen molar-refractivity contribution in [2.75, 3.05) is 13.7 Å². The molecule has 6 nitrogen and oxygen atoms in total. The number of methoxy groups -OCH3 is 1. The summed E-state index contributed by atoms with van der Waals surface area (Å²) >= 11 is 0. The van der Waals surface area contributed by atoms with Gasteiger partial charge in [0.15, 0.2) is 0 Å². The first-order valence-corrected chi connectivity index (χ1v) is 6.51. The highest BCUT2D eigenvalue weighted by Gasteiger charge is 2.30. The van der Waals surface area contributed by atoms with Crippen molar-refractivity contribution in [1.82, 2.24) is 15.1 Å². The molecule has 1 saturated carbocycles. The highest BCUT2D eigenvalue weighted by Crippen LogP contribution is 2.24. The van der Waals surface area contributed by atoms with Gasteiger partial charge in [0.1, 0.15) is 12.2 Å². The lowest BCUT2D eigenvalue weighted by Gasteiger charge is -2.27. The Balaban J connectivity index is 2.15. The summed E-state index contributed by atoms with van der Waals surface area (Å²) in [5.41, 5.74) is 1.18. The minimum Gasteiger partial charge on any atom is -0.468 e. The van der Waals surface area contributed by atoms with Gasteiger partial charge in [-0.1, -0.05) is 12.8 Å². The SMILES string of the molecule is COC(=O)CN(C(=O)c1cc(C)[nH]n1)C1CCCC1. The van der Waals surface area contributed by atoms with Crippen LogP contribution in [-0.2, 0) is 9.53 Å². The van der Waals surface area contributed by atoms with Crippen molar-refractivity contribution in [3.63, 3.8) is 0 Å². The lowest BCUT2D eigenvalue weighted by atomic mass is 10.2. The van der Waals surface area contributed by atoms with Gasteiger partial charge >= 0.3 is 5.97 Å². The second-order valence-corrected chi connectivity index (χ2v) is 4.88. The Kier molecular flexibility index (Phi) is 4.19. The topological polar surface area (TPSA) is 75.3 Å². The quantitative estimate of drug-likeness (QED) is 0.832. The van der Waals surface area contributed by atoms with E-state index >= 15 is 0 Å². The van der Waals surface area contributed by atoms with Crippen LogP contribution in [0.4, 0.5) is 0 Å². The predicted octanol–water partition coefficient (Wildman–Crippen LogP) is 1.28. The second kappa shape index (κ2) is 5.86. The maximum absolute atomic E-state index is 12.4. The van der Waals surface area contributed by atoms with E-state index in [-0.39, 0.29) is 18.5 Å². The number of carbonyl (C=O) groups is 2. The molecule has 1 N–H and O–H groups in total. The molecule has 0 radical (unpaired) electrons. The van der Waals surface area contributed by atoms with Gasteiger partial charge in [-0.3, -0.25) is 14.7 Å². The number of amides is 1. The molecule has 0 unspecified atom stereocenters. The molecule has 6 heteroatoms. The van der Waals surface area contributed by atoms with E-state index in [0.717, 1.165) is 31.4 Å². The first kappa shape index (κ1) is 13.6. The van der Waals surface area contributed by atoms with Gasteiger partial charge in [-0.25, -0.2) is 0 Å². The van der Waals surface area contributed by atoms with E-state index in [2.05, 4.69) is 14.9 Å². The van der Waals surface area contributed by atoms with E-state index in [1.807, 2.05) is 6.92 Å². The molecule has 2 rings (SSSR count). The van der Waals surface area contributed by atoms with Crippen molar-refractivity contribution in [2.45, 2.75) is 38.6 Å². The molecule has 0 aromatic carbocycles. The Hall–Kier alpha value is -1.85. The lowest BCUT2D eigenvalue weighted by Crippen LogP contribution is -2.42. The number of carbonyl (C=O) groups excluding carboxylic acids is 2. The van der Waals surface area contributed by atoms with E-state index < -0.39 is 5.97 Å². The van der Waals surface area contributed by atoms with Crippen molar-refractivity contribution < 1.29 is 14.3 Å². The van der Waals surface area contributed by atoms with Crippen LogP contribution in [-0.4, -0.2) is 46.7 Å². The molecule has 104 valence electrons. The van der Waals surface area contributed by atoms with E-state index in [0.29, 0.717) is 5.69 Å². The molecule has 0 atom stereocenters. The van der Waals surface area contributed by atoms with Gasteiger partial charge in [0.2, 0.25) is 0 Å². The minimum absolute atomic E-state index is 0.00803. The third-order valence-corrected chi connectivity index (χ3v) is 3.48. The molecule has 1 aromatic heterocycles. The monoisotopic (exact) mass is 265 g/mol. The Morgan fingerprint density at radius 3 is 2.68 bits per heavy atom. The Morgan fingerprint density at radius 1 is 1.47 bits per heavy atom. The number of H-pyrrole nitrogens is 1. The zero-order chi connectivity index (χ0) is 13.8. The zero-order valence-corrected chi connectivity index (χ0v) is 11.3. The molecule has 1 aliphatic carbocycles. The Bertz CT molecular complexity index is 463. The lowest BCUT2D eigenvalue weighted by molar-refractivity contribution is -0.141. The molecular weight excluding hydrogens is 246 g/mol. The average molecular weight is 265 g/mol. The molecule has 1 amide bonds. The number of hydrogen-bond donors (Lipinski definition) is 1. The molecule has 1 fully saturated rings. The summed E-state index contributed by atoms with van der Waals surface area (Å²) in [6, 6.07) is 1.81. The molecule has 0 aliphatic heterocycles. The van der Waals surface area contributed by atoms with Gasteiger partial charge in [0, 0.05) is 11.7 Å². The normalized spacial score (nSPS) is 15.5. The van der Waals surface area contributed by atoms with Crippen LogP contribution in [0.25, 0.3) is 0 Å². The van der Waals surface area contributed by atoms with Crippen LogP contribution in [0.2, 0.25) is 0 Å². The fourth-order valence-electron chi connectivity index (χ4n) is 2.46. The number of nitrogens with zero attached hydrogens (tertiary/aromatic N) is 2. The number of ether oxygens (including phenoxy) is 1. The van der Waals surface area contributed by atoms with Gasteiger partial charge in [-0.2, -0.15) is 5.10 Å². The summed E-state index contributed by atoms with van der Waals surface area (Å²) in [5, 5.41) is 6.72. The number of hydrogen-bond acceptors (Lipinski definition) is 4. The van der Waals surface area contributed by atoms with Crippen LogP contribution >= 0.6 is 0 Å². The summed E-state index contributed by atoms with van der Waals surface area (Å²) in [6.45, 7) is 1.83. The maximum atomic E-state index is 12.4. The van der Waals surface area contributed by atoms with Gasteiger partial charge in [0.05, 0.1) is 7.11 Å². The summed E-state index contributed by atoms with van der Waals surface area (Å²) in [5.74, 6) is -0.603. The van der Waals surface area contributed by atoms with E-state index in [9.17, 15) is 9.59 Å². The van der Waals surface area contributed by atoms with Crippen molar-refractivity contribution in [2.24, 2.45) is 0 Å². The number of rotatable bonds is 4. The van der Waals surface area contributed by atoms with Gasteiger partial charge < -0.3 is 9.64 Å². The van der Waals surface area contributed by atoms with Crippen LogP contribution in [0, 0.1) is 6.92 Å². The van der Waals surface area contributed by atoms with E-state index in [1.165, 1.54) is 7.11 Å². The first-order chi connectivity index (χ1) is 9.11. The maximum Gasteiger partial charge on any atom is 0.325 e. The minimum atomic E-state index is -0.396. The van der Waals surface area contributed by atoms with Gasteiger partial charge in [-0.15, -0.1) is 0 Å². The highest BCUT2D eigenvalue weighted by atomic mass is 16.5. The largest absolute Gasteiger partial charge is 0.468 e. The van der Waals surface area contributed by atoms with E-state index in [1.54, 1.807) is 11.0 Å². The molecule has 0 bridgehead atoms. The van der Waals surface area contributed by atoms with Crippen LogP contribution in [0.3, 0.4) is 0 Å². The number of aromatic nitrogens is 2. The first-order valence-electron chi connectivity index (χ1n) is 6.51. The molecule has 0 saturated heterocycles. The third kappa shape index (κ3) is 3.13. The number of aromatic amines is 1. The van der Waals surface area contributed by atoms with Gasteiger partial charge in [-0.05, 0) is 25.8 Å². The third-order valence-electron chi connectivity index (χ3n) is 3.48. The van der Waals surface area contributed by atoms with Crippen molar-refractivity contribution in [3.05, 3.63) is 17.5 Å². The Morgan fingerprint density at radius 2 is 2.16 bits per heavy atom. The molecule has 1 aliphatic rings. The standard InChI is InChI=1S/C13H19N3O3/c1-9-7-11(15-14-9)13(18)16(8-12(17)19-2)10-5-3-4-6-10/h7,10H,3-6,8H2,1-2H3,(H,14,15). The number of aryl methyl sites for hydroxylation is 1. The summed E-state index contributed by atoms with van der Waals surface area (Å²) in [6.07, 6.45) is 4.06. The predicted molar refractivity (Wildman–Crippen MR) is 68.6 cm³/mol. The van der Waals surface area contributed by atoms with Crippen molar-refractivity contribution in [1.29, 1.82) is 0 Å². The van der Waals surface area contributed by atoms with Crippen molar-refractivity contribution in [3.8, 4) is 0 Å². The molecular formula is C13H19N3O3. The molecule has 1 heterocycles. The smallest absolute Gasteiger partial charge is 0.325 e. The van der Waals surface area contributed by atoms with E-state index in [4.69, 9.17) is 0 Å². The van der Waals surface area contributed by atoms with Crippen molar-refractivity contribution >= 4 is 11.9 Å². The highest BCUT2D eigenvalue weighted by molar-refractivity contribution is 5.94. The summed E-state index contributed by atoms with van der Waals surface area (Å²) in [4.78, 5) is 25.5. The fraction of sp³-hybridized carbons (Fsp3) is 0.615. The Labute approximate surface area is 112 Å². The van der Waals surface area contributed by atoms with Crippen LogP contribution in [0.5, 0.6) is 0 Å². The van der Waals surface area contributed by atoms with Crippen LogP contribution < -0.4 is 0 Å². The molecule has 1 aromatic rings. The van der Waals surface area contributed by atoms with Crippen LogP contribution in [0.15, 0.2) is 6.07 Å². The molecule has 0 spiro atoms. The second-order valence-electron chi connectivity index (χ2n) is 4.88. The zero-order valence-electron chi connectivity index (χ0n) is 11.3. The number of esters is 1. The summed E-state index contributed by atoms with van der Waals surface area (Å²) in [7, 11) is 1.33. The van der Waals surface area contributed by atoms with Crippen LogP contribution in [0.1, 0.15) is 41.9 Å². The summed E-state index contributed by atoms with van der Waals surface area (Å²) < 4.78 is 4.67. The average Bonchev–Trinajstić information content (AvgIpc) is 3.05. The number of nitrogens with one attached hydrogen (secondary N) is 1. The van der Waals surface area contributed by atoms with Gasteiger partial charge in [0.25, 0.3) is 5.91 Å². The molecule has 19 heavy (non-hydrogen) atoms.